The molecule has 0 aliphatic carbocycles. The molecule has 1 atom stereocenters. The minimum atomic E-state index is -0.800. The van der Waals surface area contributed by atoms with Crippen molar-refractivity contribution in [3.63, 3.8) is 0 Å². The molecule has 104 valence electrons. The first kappa shape index (κ1) is 15.0. The topological polar surface area (TPSA) is 92.4 Å². The van der Waals surface area contributed by atoms with Gasteiger partial charge < -0.3 is 16.2 Å². The van der Waals surface area contributed by atoms with E-state index in [1.165, 1.54) is 0 Å². The van der Waals surface area contributed by atoms with E-state index in [2.05, 4.69) is 5.32 Å². The van der Waals surface area contributed by atoms with Crippen LogP contribution in [0.3, 0.4) is 0 Å². The largest absolute Gasteiger partial charge is 0.481 e. The number of hydrogen-bond donors (Lipinski definition) is 3. The second-order valence-corrected chi connectivity index (χ2v) is 4.65. The highest BCUT2D eigenvalue weighted by atomic mass is 16.4. The summed E-state index contributed by atoms with van der Waals surface area (Å²) in [4.78, 5) is 22.2. The summed E-state index contributed by atoms with van der Waals surface area (Å²) in [5.74, 6) is -1.24. The first-order chi connectivity index (χ1) is 8.99. The smallest absolute Gasteiger partial charge is 0.306 e. The molecular weight excluding hydrogens is 244 g/mol. The lowest BCUT2D eigenvalue weighted by Gasteiger charge is -2.07. The number of nitrogens with two attached hydrogens (primary N) is 1. The van der Waals surface area contributed by atoms with Crippen molar-refractivity contribution in [3.8, 4) is 0 Å². The number of hydrogen-bond acceptors (Lipinski definition) is 3. The van der Waals surface area contributed by atoms with Crippen LogP contribution in [-0.2, 0) is 16.0 Å². The molecule has 0 fully saturated rings. The Morgan fingerprint density at radius 2 is 2.16 bits per heavy atom. The molecular formula is C14H20N2O3. The Morgan fingerprint density at radius 3 is 2.79 bits per heavy atom. The number of carboxylic acid groups (broad SMARTS) is 1. The van der Waals surface area contributed by atoms with Crippen molar-refractivity contribution in [2.45, 2.75) is 26.2 Å². The van der Waals surface area contributed by atoms with Gasteiger partial charge in [0.1, 0.15) is 0 Å². The molecule has 0 radical (unpaired) electrons. The Bertz CT molecular complexity index is 446. The fourth-order valence-corrected chi connectivity index (χ4v) is 1.71. The second-order valence-electron chi connectivity index (χ2n) is 4.65. The lowest BCUT2D eigenvalue weighted by molar-refractivity contribution is -0.141. The molecule has 19 heavy (non-hydrogen) atoms. The van der Waals surface area contributed by atoms with E-state index in [1.54, 1.807) is 19.1 Å². The van der Waals surface area contributed by atoms with Gasteiger partial charge in [0.2, 0.25) is 5.91 Å². The van der Waals surface area contributed by atoms with Gasteiger partial charge in [-0.3, -0.25) is 9.59 Å². The molecule has 5 heteroatoms. The average molecular weight is 264 g/mol. The van der Waals surface area contributed by atoms with Crippen molar-refractivity contribution in [1.29, 1.82) is 0 Å². The standard InChI is InChI=1S/C14H20N2O3/c1-10(14(18)19)4-3-7-16-13(17)9-11-5-2-6-12(15)8-11/h2,5-6,8,10H,3-4,7,9,15H2,1H3,(H,16,17)(H,18,19). The van der Waals surface area contributed by atoms with Crippen LogP contribution < -0.4 is 11.1 Å². The molecule has 1 rings (SSSR count). The lowest BCUT2D eigenvalue weighted by Crippen LogP contribution is -2.26. The highest BCUT2D eigenvalue weighted by Gasteiger charge is 2.10. The quantitative estimate of drug-likeness (QED) is 0.513. The Morgan fingerprint density at radius 1 is 1.42 bits per heavy atom. The Labute approximate surface area is 112 Å². The van der Waals surface area contributed by atoms with E-state index in [0.29, 0.717) is 31.5 Å². The van der Waals surface area contributed by atoms with Gasteiger partial charge in [0, 0.05) is 12.2 Å². The molecule has 1 unspecified atom stereocenters. The van der Waals surface area contributed by atoms with Crippen molar-refractivity contribution in [2.24, 2.45) is 5.92 Å². The maximum atomic E-state index is 11.6. The maximum Gasteiger partial charge on any atom is 0.306 e. The normalized spacial score (nSPS) is 11.8. The summed E-state index contributed by atoms with van der Waals surface area (Å²) in [7, 11) is 0. The zero-order valence-electron chi connectivity index (χ0n) is 11.1. The minimum absolute atomic E-state index is 0.0754. The van der Waals surface area contributed by atoms with Crippen LogP contribution in [0.15, 0.2) is 24.3 Å². The van der Waals surface area contributed by atoms with Crippen molar-refractivity contribution < 1.29 is 14.7 Å². The number of anilines is 1. The van der Waals surface area contributed by atoms with E-state index in [4.69, 9.17) is 10.8 Å². The van der Waals surface area contributed by atoms with Gasteiger partial charge in [-0.2, -0.15) is 0 Å². The SMILES string of the molecule is CC(CCCNC(=O)Cc1cccc(N)c1)C(=O)O. The summed E-state index contributed by atoms with van der Waals surface area (Å²) in [5, 5.41) is 11.5. The molecule has 5 nitrogen and oxygen atoms in total. The molecule has 1 aromatic carbocycles. The lowest BCUT2D eigenvalue weighted by atomic mass is 10.1. The number of nitrogens with one attached hydrogen (secondary N) is 1. The van der Waals surface area contributed by atoms with E-state index < -0.39 is 5.97 Å². The molecule has 0 spiro atoms. The predicted octanol–water partition coefficient (Wildman–Crippen LogP) is 1.43. The highest BCUT2D eigenvalue weighted by Crippen LogP contribution is 2.07. The Kier molecular flexibility index (Phi) is 5.85. The van der Waals surface area contributed by atoms with E-state index in [-0.39, 0.29) is 11.8 Å². The molecule has 0 heterocycles. The Balaban J connectivity index is 2.23. The van der Waals surface area contributed by atoms with Crippen molar-refractivity contribution in [1.82, 2.24) is 5.32 Å². The van der Waals surface area contributed by atoms with Gasteiger partial charge in [0.25, 0.3) is 0 Å². The third-order valence-corrected chi connectivity index (χ3v) is 2.87. The fourth-order valence-electron chi connectivity index (χ4n) is 1.71. The summed E-state index contributed by atoms with van der Waals surface area (Å²) < 4.78 is 0. The second kappa shape index (κ2) is 7.41. The molecule has 0 aliphatic heterocycles. The van der Waals surface area contributed by atoms with E-state index >= 15 is 0 Å². The first-order valence-electron chi connectivity index (χ1n) is 6.33. The van der Waals surface area contributed by atoms with Crippen molar-refractivity contribution in [2.75, 3.05) is 12.3 Å². The van der Waals surface area contributed by atoms with Crippen LogP contribution in [0.5, 0.6) is 0 Å². The van der Waals surface area contributed by atoms with E-state index in [1.807, 2.05) is 12.1 Å². The number of aliphatic carboxylic acids is 1. The van der Waals surface area contributed by atoms with Crippen molar-refractivity contribution in [3.05, 3.63) is 29.8 Å². The third-order valence-electron chi connectivity index (χ3n) is 2.87. The molecule has 0 aliphatic rings. The van der Waals surface area contributed by atoms with Gasteiger partial charge in [-0.1, -0.05) is 19.1 Å². The maximum absolute atomic E-state index is 11.6. The van der Waals surface area contributed by atoms with Gasteiger partial charge in [-0.05, 0) is 30.5 Å². The van der Waals surface area contributed by atoms with Crippen LogP contribution in [0.1, 0.15) is 25.3 Å². The van der Waals surface area contributed by atoms with Crippen LogP contribution in [0.2, 0.25) is 0 Å². The van der Waals surface area contributed by atoms with Crippen LogP contribution in [0.25, 0.3) is 0 Å². The number of benzene rings is 1. The van der Waals surface area contributed by atoms with Crippen LogP contribution in [-0.4, -0.2) is 23.5 Å². The summed E-state index contributed by atoms with van der Waals surface area (Å²) in [6.07, 6.45) is 1.52. The third kappa shape index (κ3) is 5.90. The van der Waals surface area contributed by atoms with Crippen LogP contribution in [0, 0.1) is 5.92 Å². The molecule has 4 N–H and O–H groups in total. The number of carbonyl (C=O) groups excluding carboxylic acids is 1. The Hall–Kier alpha value is -2.04. The zero-order chi connectivity index (χ0) is 14.3. The van der Waals surface area contributed by atoms with E-state index in [0.717, 1.165) is 5.56 Å². The summed E-state index contributed by atoms with van der Waals surface area (Å²) in [5.41, 5.74) is 7.14. The molecule has 0 saturated heterocycles. The van der Waals surface area contributed by atoms with Gasteiger partial charge >= 0.3 is 5.97 Å². The monoisotopic (exact) mass is 264 g/mol. The summed E-state index contributed by atoms with van der Waals surface area (Å²) in [6, 6.07) is 7.20. The fraction of sp³-hybridized carbons (Fsp3) is 0.429. The average Bonchev–Trinajstić information content (AvgIpc) is 2.34. The van der Waals surface area contributed by atoms with Gasteiger partial charge in [0.15, 0.2) is 0 Å². The van der Waals surface area contributed by atoms with Gasteiger partial charge in [-0.15, -0.1) is 0 Å². The van der Waals surface area contributed by atoms with Crippen LogP contribution >= 0.6 is 0 Å². The van der Waals surface area contributed by atoms with Gasteiger partial charge in [0.05, 0.1) is 12.3 Å². The molecule has 1 aromatic rings. The molecule has 0 aromatic heterocycles. The number of rotatable bonds is 7. The number of amides is 1. The molecule has 1 amide bonds. The number of nitrogen functional groups attached to an aromatic ring is 1. The molecule has 0 saturated carbocycles. The number of carboxylic acids is 1. The highest BCUT2D eigenvalue weighted by molar-refractivity contribution is 5.78. The predicted molar refractivity (Wildman–Crippen MR) is 73.6 cm³/mol. The zero-order valence-corrected chi connectivity index (χ0v) is 11.1. The minimum Gasteiger partial charge on any atom is -0.481 e. The first-order valence-corrected chi connectivity index (χ1v) is 6.33. The van der Waals surface area contributed by atoms with Crippen LogP contribution in [0.4, 0.5) is 5.69 Å². The molecule has 0 bridgehead atoms. The van der Waals surface area contributed by atoms with E-state index in [9.17, 15) is 9.59 Å². The summed E-state index contributed by atoms with van der Waals surface area (Å²) >= 11 is 0. The van der Waals surface area contributed by atoms with Crippen molar-refractivity contribution >= 4 is 17.6 Å². The summed E-state index contributed by atoms with van der Waals surface area (Å²) in [6.45, 7) is 2.16. The van der Waals surface area contributed by atoms with Gasteiger partial charge in [-0.25, -0.2) is 0 Å². The number of carbonyl (C=O) groups is 2.